The lowest BCUT2D eigenvalue weighted by Gasteiger charge is -2.07. The molecule has 0 spiro atoms. The Hall–Kier alpha value is -1.47. The number of carbonyl (C=O) groups is 1. The Kier molecular flexibility index (Phi) is 4.72. The predicted octanol–water partition coefficient (Wildman–Crippen LogP) is 2.23. The number of nitrogens with zero attached hydrogens (tertiary/aromatic N) is 1. The molecule has 0 heterocycles. The SMILES string of the molecule is CCOC(=O)C(C#N)Sc1ccccc1. The molecule has 0 radical (unpaired) electrons. The zero-order chi connectivity index (χ0) is 11.1. The minimum absolute atomic E-state index is 0.298. The van der Waals surface area contributed by atoms with Gasteiger partial charge in [-0.2, -0.15) is 5.26 Å². The first-order valence-electron chi connectivity index (χ1n) is 4.56. The van der Waals surface area contributed by atoms with E-state index in [1.54, 1.807) is 6.92 Å². The van der Waals surface area contributed by atoms with Crippen LogP contribution in [0.25, 0.3) is 0 Å². The van der Waals surface area contributed by atoms with Crippen molar-refractivity contribution in [2.75, 3.05) is 6.61 Å². The molecule has 0 aliphatic heterocycles. The summed E-state index contributed by atoms with van der Waals surface area (Å²) in [5, 5.41) is 8.03. The number of thioether (sulfide) groups is 1. The van der Waals surface area contributed by atoms with E-state index in [-0.39, 0.29) is 0 Å². The van der Waals surface area contributed by atoms with Gasteiger partial charge in [0.15, 0.2) is 5.25 Å². The van der Waals surface area contributed by atoms with Crippen molar-refractivity contribution in [3.05, 3.63) is 30.3 Å². The molecule has 1 atom stereocenters. The smallest absolute Gasteiger partial charge is 0.334 e. The summed E-state index contributed by atoms with van der Waals surface area (Å²) in [7, 11) is 0. The van der Waals surface area contributed by atoms with Crippen molar-refractivity contribution < 1.29 is 9.53 Å². The summed E-state index contributed by atoms with van der Waals surface area (Å²) in [5.74, 6) is -0.478. The van der Waals surface area contributed by atoms with E-state index in [0.29, 0.717) is 6.61 Å². The maximum Gasteiger partial charge on any atom is 0.334 e. The van der Waals surface area contributed by atoms with Crippen LogP contribution in [0, 0.1) is 11.3 Å². The van der Waals surface area contributed by atoms with E-state index in [1.165, 1.54) is 11.8 Å². The highest BCUT2D eigenvalue weighted by molar-refractivity contribution is 8.00. The molecule has 1 aromatic carbocycles. The van der Waals surface area contributed by atoms with Gasteiger partial charge in [-0.3, -0.25) is 0 Å². The molecule has 3 nitrogen and oxygen atoms in total. The van der Waals surface area contributed by atoms with Crippen LogP contribution in [0.5, 0.6) is 0 Å². The van der Waals surface area contributed by atoms with Gasteiger partial charge < -0.3 is 4.74 Å². The Balaban J connectivity index is 2.63. The lowest BCUT2D eigenvalue weighted by atomic mass is 10.4. The Morgan fingerprint density at radius 3 is 2.73 bits per heavy atom. The van der Waals surface area contributed by atoms with E-state index >= 15 is 0 Å². The first-order valence-corrected chi connectivity index (χ1v) is 5.44. The molecule has 0 aromatic heterocycles. The van der Waals surface area contributed by atoms with Crippen LogP contribution >= 0.6 is 11.8 Å². The quantitative estimate of drug-likeness (QED) is 0.578. The minimum atomic E-state index is -0.785. The fourth-order valence-electron chi connectivity index (χ4n) is 0.980. The van der Waals surface area contributed by atoms with Crippen molar-refractivity contribution in [3.63, 3.8) is 0 Å². The molecule has 78 valence electrons. The Morgan fingerprint density at radius 2 is 2.20 bits per heavy atom. The highest BCUT2D eigenvalue weighted by Gasteiger charge is 2.20. The third-order valence-corrected chi connectivity index (χ3v) is 2.69. The number of benzene rings is 1. The van der Waals surface area contributed by atoms with Gasteiger partial charge in [0.2, 0.25) is 0 Å². The third kappa shape index (κ3) is 3.64. The second kappa shape index (κ2) is 6.10. The van der Waals surface area contributed by atoms with E-state index in [9.17, 15) is 4.79 Å². The molecule has 0 amide bonds. The lowest BCUT2D eigenvalue weighted by Crippen LogP contribution is -2.18. The van der Waals surface area contributed by atoms with Gasteiger partial charge in [0.05, 0.1) is 12.7 Å². The van der Waals surface area contributed by atoms with Crippen molar-refractivity contribution in [1.82, 2.24) is 0 Å². The van der Waals surface area contributed by atoms with Crippen LogP contribution in [-0.4, -0.2) is 17.8 Å². The van der Waals surface area contributed by atoms with E-state index in [1.807, 2.05) is 36.4 Å². The van der Waals surface area contributed by atoms with Gasteiger partial charge in [-0.1, -0.05) is 30.0 Å². The second-order valence-corrected chi connectivity index (χ2v) is 3.87. The maximum absolute atomic E-state index is 11.3. The molecule has 1 aromatic rings. The Labute approximate surface area is 93.0 Å². The molecule has 0 aliphatic rings. The molecule has 0 N–H and O–H groups in total. The highest BCUT2D eigenvalue weighted by Crippen LogP contribution is 2.23. The average Bonchev–Trinajstić information content (AvgIpc) is 2.27. The van der Waals surface area contributed by atoms with Crippen LogP contribution < -0.4 is 0 Å². The second-order valence-electron chi connectivity index (χ2n) is 2.69. The van der Waals surface area contributed by atoms with Crippen molar-refractivity contribution in [2.24, 2.45) is 0 Å². The summed E-state index contributed by atoms with van der Waals surface area (Å²) >= 11 is 1.20. The van der Waals surface area contributed by atoms with Gasteiger partial charge in [-0.25, -0.2) is 4.79 Å². The molecule has 15 heavy (non-hydrogen) atoms. The number of hydrogen-bond donors (Lipinski definition) is 0. The Bertz CT molecular complexity index is 359. The highest BCUT2D eigenvalue weighted by atomic mass is 32.2. The van der Waals surface area contributed by atoms with Crippen LogP contribution in [0.2, 0.25) is 0 Å². The number of hydrogen-bond acceptors (Lipinski definition) is 4. The monoisotopic (exact) mass is 221 g/mol. The van der Waals surface area contributed by atoms with Crippen molar-refractivity contribution in [1.29, 1.82) is 5.26 Å². The Morgan fingerprint density at radius 1 is 1.53 bits per heavy atom. The van der Waals surface area contributed by atoms with Crippen LogP contribution in [0.1, 0.15) is 6.92 Å². The summed E-state index contributed by atoms with van der Waals surface area (Å²) < 4.78 is 4.78. The van der Waals surface area contributed by atoms with Gasteiger partial charge in [-0.15, -0.1) is 0 Å². The fourth-order valence-corrected chi connectivity index (χ4v) is 1.78. The molecule has 1 rings (SSSR count). The van der Waals surface area contributed by atoms with Crippen LogP contribution in [0.3, 0.4) is 0 Å². The molecule has 0 saturated carbocycles. The summed E-state index contributed by atoms with van der Waals surface area (Å²) in [6.45, 7) is 2.02. The van der Waals surface area contributed by atoms with E-state index in [0.717, 1.165) is 4.90 Å². The number of carbonyl (C=O) groups excluding carboxylic acids is 1. The molecule has 4 heteroatoms. The fraction of sp³-hybridized carbons (Fsp3) is 0.273. The van der Waals surface area contributed by atoms with Crippen molar-refractivity contribution in [2.45, 2.75) is 17.1 Å². The standard InChI is InChI=1S/C11H11NO2S/c1-2-14-11(13)10(8-12)15-9-6-4-3-5-7-9/h3-7,10H,2H2,1H3. The molecule has 1 unspecified atom stereocenters. The van der Waals surface area contributed by atoms with Crippen LogP contribution in [0.4, 0.5) is 0 Å². The normalized spacial score (nSPS) is 11.5. The minimum Gasteiger partial charge on any atom is -0.464 e. The van der Waals surface area contributed by atoms with Crippen LogP contribution in [0.15, 0.2) is 35.2 Å². The predicted molar refractivity (Wildman–Crippen MR) is 58.3 cm³/mol. The summed E-state index contributed by atoms with van der Waals surface area (Å²) in [5.41, 5.74) is 0. The molecule has 0 aliphatic carbocycles. The largest absolute Gasteiger partial charge is 0.464 e. The van der Waals surface area contributed by atoms with E-state index in [4.69, 9.17) is 10.00 Å². The molecule has 0 fully saturated rings. The van der Waals surface area contributed by atoms with Gasteiger partial charge in [0.1, 0.15) is 0 Å². The lowest BCUT2D eigenvalue weighted by molar-refractivity contribution is -0.141. The maximum atomic E-state index is 11.3. The summed E-state index contributed by atoms with van der Waals surface area (Å²) in [6, 6.07) is 11.2. The molecular weight excluding hydrogens is 210 g/mol. The number of ether oxygens (including phenoxy) is 1. The zero-order valence-corrected chi connectivity index (χ0v) is 9.16. The summed E-state index contributed by atoms with van der Waals surface area (Å²) in [6.07, 6.45) is 0. The third-order valence-electron chi connectivity index (χ3n) is 1.62. The number of esters is 1. The number of nitriles is 1. The van der Waals surface area contributed by atoms with Gasteiger partial charge >= 0.3 is 5.97 Å². The average molecular weight is 221 g/mol. The van der Waals surface area contributed by atoms with Gasteiger partial charge in [0.25, 0.3) is 0 Å². The molecular formula is C11H11NO2S. The first kappa shape index (κ1) is 11.6. The summed E-state index contributed by atoms with van der Waals surface area (Å²) in [4.78, 5) is 12.2. The van der Waals surface area contributed by atoms with Crippen molar-refractivity contribution in [3.8, 4) is 6.07 Å². The number of rotatable bonds is 4. The van der Waals surface area contributed by atoms with Gasteiger partial charge in [0, 0.05) is 4.90 Å². The van der Waals surface area contributed by atoms with E-state index < -0.39 is 11.2 Å². The molecule has 0 saturated heterocycles. The first-order chi connectivity index (χ1) is 7.27. The van der Waals surface area contributed by atoms with E-state index in [2.05, 4.69) is 0 Å². The van der Waals surface area contributed by atoms with Crippen LogP contribution in [-0.2, 0) is 9.53 Å². The molecule has 0 bridgehead atoms. The topological polar surface area (TPSA) is 50.1 Å². The zero-order valence-electron chi connectivity index (χ0n) is 8.34. The van der Waals surface area contributed by atoms with Gasteiger partial charge in [-0.05, 0) is 19.1 Å². The van der Waals surface area contributed by atoms with Crippen molar-refractivity contribution >= 4 is 17.7 Å².